The molecule has 0 aliphatic carbocycles. The van der Waals surface area contributed by atoms with E-state index in [0.717, 1.165) is 6.66 Å². The van der Waals surface area contributed by atoms with Crippen molar-refractivity contribution in [2.75, 3.05) is 6.66 Å². The van der Waals surface area contributed by atoms with Crippen molar-refractivity contribution in [2.45, 2.75) is 0 Å². The van der Waals surface area contributed by atoms with Crippen LogP contribution < -0.4 is 68.9 Å². The second-order valence-corrected chi connectivity index (χ2v) is 1.32. The van der Waals surface area contributed by atoms with Crippen LogP contribution in [0.25, 0.3) is 0 Å². The van der Waals surface area contributed by atoms with E-state index in [2.05, 4.69) is 0 Å². The third-order valence-corrected chi connectivity index (χ3v) is 0. The van der Waals surface area contributed by atoms with Gasteiger partial charge in [-0.15, -0.1) is 0 Å². The molecule has 0 saturated heterocycles. The van der Waals surface area contributed by atoms with E-state index in [1.165, 1.54) is 0 Å². The Hall–Kier alpha value is 2.35. The van der Waals surface area contributed by atoms with Crippen LogP contribution in [0.1, 0.15) is 0 Å². The fourth-order valence-corrected chi connectivity index (χ4v) is 0. The first-order chi connectivity index (χ1) is 1.73. The van der Waals surface area contributed by atoms with Crippen LogP contribution in [-0.4, -0.2) is 6.66 Å². The third kappa shape index (κ3) is 32.9. The SMILES string of the molecule is CP([O-])[O-].[Na+].[Na+]. The minimum Gasteiger partial charge on any atom is -0.842 e. The van der Waals surface area contributed by atoms with E-state index in [9.17, 15) is 0 Å². The minimum absolute atomic E-state index is 0. The van der Waals surface area contributed by atoms with Crippen molar-refractivity contribution < 1.29 is 68.9 Å². The average Bonchev–Trinajstić information content (AvgIpc) is 0.811. The van der Waals surface area contributed by atoms with Crippen LogP contribution in [-0.2, 0) is 0 Å². The number of hydrogen-bond acceptors (Lipinski definition) is 2. The van der Waals surface area contributed by atoms with E-state index in [-0.39, 0.29) is 59.1 Å². The smallest absolute Gasteiger partial charge is 0.842 e. The molecule has 0 saturated carbocycles. The predicted molar refractivity (Wildman–Crippen MR) is 12.8 cm³/mol. The molecule has 0 spiro atoms. The van der Waals surface area contributed by atoms with Crippen molar-refractivity contribution >= 4 is 8.38 Å². The van der Waals surface area contributed by atoms with Gasteiger partial charge in [-0.25, -0.2) is 0 Å². The van der Waals surface area contributed by atoms with Crippen LogP contribution in [0.4, 0.5) is 0 Å². The molecule has 0 aromatic heterocycles. The molecule has 0 N–H and O–H groups in total. The maximum atomic E-state index is 9.04. The molecule has 0 radical (unpaired) electrons. The molecule has 0 aliphatic heterocycles. The normalized spacial score (nSPS) is 6.00. The van der Waals surface area contributed by atoms with Crippen molar-refractivity contribution in [1.29, 1.82) is 0 Å². The van der Waals surface area contributed by atoms with Crippen LogP contribution in [0.3, 0.4) is 0 Å². The van der Waals surface area contributed by atoms with Crippen molar-refractivity contribution in [3.8, 4) is 0 Å². The van der Waals surface area contributed by atoms with Crippen LogP contribution in [0.15, 0.2) is 0 Å². The monoisotopic (exact) mass is 124 g/mol. The Labute approximate surface area is 82.8 Å². The largest absolute Gasteiger partial charge is 1.00 e. The van der Waals surface area contributed by atoms with Gasteiger partial charge >= 0.3 is 59.1 Å². The molecule has 0 fully saturated rings. The fourth-order valence-electron chi connectivity index (χ4n) is 0. The Kier molecular flexibility index (Phi) is 27.2. The molecule has 0 aliphatic rings. The summed E-state index contributed by atoms with van der Waals surface area (Å²) < 4.78 is 0. The molecule has 6 heavy (non-hydrogen) atoms. The summed E-state index contributed by atoms with van der Waals surface area (Å²) in [5, 5.41) is 0. The van der Waals surface area contributed by atoms with Crippen molar-refractivity contribution in [2.24, 2.45) is 0 Å². The Bertz CT molecular complexity index is 16.3. The van der Waals surface area contributed by atoms with Gasteiger partial charge in [-0.3, -0.25) is 0 Å². The zero-order chi connectivity index (χ0) is 3.58. The van der Waals surface area contributed by atoms with Crippen molar-refractivity contribution in [1.82, 2.24) is 0 Å². The van der Waals surface area contributed by atoms with Crippen LogP contribution >= 0.6 is 8.38 Å². The summed E-state index contributed by atoms with van der Waals surface area (Å²) in [5.74, 6) is 0. The molecule has 0 aromatic rings. The summed E-state index contributed by atoms with van der Waals surface area (Å²) in [5.41, 5.74) is 0. The maximum absolute atomic E-state index is 9.04. The van der Waals surface area contributed by atoms with E-state index < -0.39 is 8.38 Å². The molecule has 26 valence electrons. The van der Waals surface area contributed by atoms with E-state index in [1.54, 1.807) is 0 Å². The van der Waals surface area contributed by atoms with Gasteiger partial charge in [0, 0.05) is 0 Å². The second-order valence-electron chi connectivity index (χ2n) is 0.440. The zero-order valence-electron chi connectivity index (χ0n) is 4.26. The quantitative estimate of drug-likeness (QED) is 0.238. The molecule has 2 nitrogen and oxygen atoms in total. The number of rotatable bonds is 0. The van der Waals surface area contributed by atoms with Crippen LogP contribution in [0, 0.1) is 0 Å². The van der Waals surface area contributed by atoms with Crippen molar-refractivity contribution in [3.63, 3.8) is 0 Å². The van der Waals surface area contributed by atoms with E-state index in [4.69, 9.17) is 9.79 Å². The Morgan fingerprint density at radius 2 is 1.17 bits per heavy atom. The minimum atomic E-state index is -2.12. The first-order valence-electron chi connectivity index (χ1n) is 0.812. The molecular weight excluding hydrogens is 121 g/mol. The van der Waals surface area contributed by atoms with E-state index in [0.29, 0.717) is 0 Å². The van der Waals surface area contributed by atoms with Crippen molar-refractivity contribution in [3.05, 3.63) is 0 Å². The average molecular weight is 124 g/mol. The summed E-state index contributed by atoms with van der Waals surface area (Å²) in [6.45, 7) is 1.12. The van der Waals surface area contributed by atoms with Gasteiger partial charge < -0.3 is 18.2 Å². The number of hydrogen-bond donors (Lipinski definition) is 0. The summed E-state index contributed by atoms with van der Waals surface area (Å²) in [6.07, 6.45) is 0. The molecular formula is CH3Na2O2P. The maximum Gasteiger partial charge on any atom is 1.00 e. The van der Waals surface area contributed by atoms with Gasteiger partial charge in [0.15, 0.2) is 0 Å². The molecule has 0 atom stereocenters. The second kappa shape index (κ2) is 10.4. The standard InChI is InChI=1S/CH3O2P.2Na/c1-4(2)3;;/h1H3;;/q-2;2*+1. The third-order valence-electron chi connectivity index (χ3n) is 0. The van der Waals surface area contributed by atoms with Gasteiger partial charge in [-0.1, -0.05) is 6.66 Å². The Morgan fingerprint density at radius 1 is 1.17 bits per heavy atom. The first kappa shape index (κ1) is 15.8. The van der Waals surface area contributed by atoms with E-state index in [1.807, 2.05) is 0 Å². The molecule has 5 heteroatoms. The van der Waals surface area contributed by atoms with Gasteiger partial charge in [0.05, 0.1) is 0 Å². The topological polar surface area (TPSA) is 46.1 Å². The summed E-state index contributed by atoms with van der Waals surface area (Å²) >= 11 is 0. The van der Waals surface area contributed by atoms with Gasteiger partial charge in [-0.2, -0.15) is 0 Å². The summed E-state index contributed by atoms with van der Waals surface area (Å²) in [7, 11) is -2.12. The molecule has 0 amide bonds. The molecule has 0 rings (SSSR count). The molecule has 0 heterocycles. The summed E-state index contributed by atoms with van der Waals surface area (Å²) in [6, 6.07) is 0. The zero-order valence-corrected chi connectivity index (χ0v) is 9.16. The fraction of sp³-hybridized carbons (Fsp3) is 1.00. The van der Waals surface area contributed by atoms with Crippen LogP contribution in [0.2, 0.25) is 0 Å². The van der Waals surface area contributed by atoms with Gasteiger partial charge in [0.25, 0.3) is 0 Å². The van der Waals surface area contributed by atoms with Gasteiger partial charge in [0.1, 0.15) is 0 Å². The first-order valence-corrected chi connectivity index (χ1v) is 2.44. The van der Waals surface area contributed by atoms with E-state index >= 15 is 0 Å². The molecule has 0 bridgehead atoms. The molecule has 0 unspecified atom stereocenters. The van der Waals surface area contributed by atoms with Crippen LogP contribution in [0.5, 0.6) is 0 Å². The summed E-state index contributed by atoms with van der Waals surface area (Å²) in [4.78, 5) is 18.1. The predicted octanol–water partition coefficient (Wildman–Crippen LogP) is -7.34. The van der Waals surface area contributed by atoms with Gasteiger partial charge in [0.2, 0.25) is 0 Å². The van der Waals surface area contributed by atoms with Gasteiger partial charge in [-0.05, 0) is 0 Å². The Morgan fingerprint density at radius 3 is 1.17 bits per heavy atom. The Balaban J connectivity index is -0.0000000450. The molecule has 0 aromatic carbocycles.